The minimum Gasteiger partial charge on any atom is -0.489 e. The predicted molar refractivity (Wildman–Crippen MR) is 99.5 cm³/mol. The van der Waals surface area contributed by atoms with Crippen LogP contribution in [0.2, 0.25) is 0 Å². The number of piperazine rings is 1. The first-order valence-electron chi connectivity index (χ1n) is 8.81. The van der Waals surface area contributed by atoms with Gasteiger partial charge >= 0.3 is 0 Å². The van der Waals surface area contributed by atoms with E-state index in [0.29, 0.717) is 18.8 Å². The summed E-state index contributed by atoms with van der Waals surface area (Å²) >= 11 is 0. The molecule has 0 unspecified atom stereocenters. The largest absolute Gasteiger partial charge is 0.489 e. The number of nitrogens with one attached hydrogen (secondary N) is 1. The van der Waals surface area contributed by atoms with Crippen LogP contribution in [-0.2, 0) is 17.8 Å². The number of hydrogen-bond donors (Lipinski definition) is 1. The highest BCUT2D eigenvalue weighted by Gasteiger charge is 2.06. The number of carbonyl (C=O) groups excluding carboxylic acids is 1. The number of carbonyl (C=O) groups is 1. The minimum atomic E-state index is -0.280. The number of rotatable bonds is 7. The molecule has 1 aliphatic rings. The molecule has 0 spiro atoms. The molecule has 3 rings (SSSR count). The van der Waals surface area contributed by atoms with Crippen LogP contribution in [-0.4, -0.2) is 36.9 Å². The Morgan fingerprint density at radius 2 is 1.69 bits per heavy atom. The lowest BCUT2D eigenvalue weighted by atomic mass is 10.1. The van der Waals surface area contributed by atoms with Crippen molar-refractivity contribution in [1.29, 1.82) is 0 Å². The van der Waals surface area contributed by atoms with Crippen LogP contribution in [0.25, 0.3) is 0 Å². The van der Waals surface area contributed by atoms with Gasteiger partial charge in [-0.3, -0.25) is 4.79 Å². The highest BCUT2D eigenvalue weighted by molar-refractivity contribution is 5.91. The Labute approximate surface area is 153 Å². The molecule has 0 aromatic heterocycles. The van der Waals surface area contributed by atoms with E-state index in [0.717, 1.165) is 37.3 Å². The summed E-state index contributed by atoms with van der Waals surface area (Å²) in [5.41, 5.74) is 1.98. The molecule has 0 aliphatic carbocycles. The lowest BCUT2D eigenvalue weighted by Crippen LogP contribution is -2.40. The van der Waals surface area contributed by atoms with Gasteiger partial charge in [-0.15, -0.1) is 0 Å². The average molecular weight is 354 g/mol. The monoisotopic (exact) mass is 354 g/mol. The Morgan fingerprint density at radius 1 is 1.04 bits per heavy atom. The van der Waals surface area contributed by atoms with Gasteiger partial charge in [-0.25, -0.2) is 4.39 Å². The zero-order valence-electron chi connectivity index (χ0n) is 14.7. The highest BCUT2D eigenvalue weighted by atomic mass is 19.1. The van der Waals surface area contributed by atoms with Crippen LogP contribution < -0.4 is 10.1 Å². The summed E-state index contributed by atoms with van der Waals surface area (Å²) < 4.78 is 18.5. The quantitative estimate of drug-likeness (QED) is 0.777. The van der Waals surface area contributed by atoms with E-state index in [1.165, 1.54) is 12.1 Å². The summed E-state index contributed by atoms with van der Waals surface area (Å²) in [4.78, 5) is 14.3. The van der Waals surface area contributed by atoms with E-state index >= 15 is 0 Å². The van der Waals surface area contributed by atoms with Crippen molar-refractivity contribution >= 4 is 5.78 Å². The van der Waals surface area contributed by atoms with E-state index in [2.05, 4.69) is 10.2 Å². The van der Waals surface area contributed by atoms with Crippen LogP contribution in [0.3, 0.4) is 0 Å². The normalized spacial score (nSPS) is 14.6. The number of halogens is 1. The highest BCUT2D eigenvalue weighted by Crippen LogP contribution is 2.14. The van der Waals surface area contributed by atoms with Gasteiger partial charge < -0.3 is 15.0 Å². The fraction of sp³-hybridized carbons (Fsp3) is 0.286. The smallest absolute Gasteiger partial charge is 0.161 e. The third-order valence-corrected chi connectivity index (χ3v) is 4.24. The molecule has 4 nitrogen and oxygen atoms in total. The molecule has 0 atom stereocenters. The first-order valence-corrected chi connectivity index (χ1v) is 8.81. The summed E-state index contributed by atoms with van der Waals surface area (Å²) in [5, 5.41) is 3.28. The molecule has 1 saturated heterocycles. The van der Waals surface area contributed by atoms with Crippen molar-refractivity contribution in [3.05, 3.63) is 77.8 Å². The van der Waals surface area contributed by atoms with Gasteiger partial charge in [0, 0.05) is 38.8 Å². The maximum Gasteiger partial charge on any atom is 0.161 e. The van der Waals surface area contributed by atoms with E-state index < -0.39 is 0 Å². The average Bonchev–Trinajstić information content (AvgIpc) is 2.68. The molecule has 1 N–H and O–H groups in total. The van der Waals surface area contributed by atoms with E-state index in [4.69, 9.17) is 4.74 Å². The molecule has 1 heterocycles. The molecule has 2 aromatic rings. The second kappa shape index (κ2) is 9.15. The molecule has 0 saturated carbocycles. The van der Waals surface area contributed by atoms with Crippen molar-refractivity contribution < 1.29 is 13.9 Å². The van der Waals surface area contributed by atoms with Crippen LogP contribution in [0.4, 0.5) is 4.39 Å². The summed E-state index contributed by atoms with van der Waals surface area (Å²) in [6, 6.07) is 13.7. The lowest BCUT2D eigenvalue weighted by molar-refractivity contribution is -0.114. The van der Waals surface area contributed by atoms with Gasteiger partial charge in [-0.2, -0.15) is 0 Å². The standard InChI is InChI=1S/C21H23FN2O2/c22-19-5-7-21(8-6-19)26-16-18-3-1-17(2-4-18)15-20(25)9-12-24-13-10-23-11-14-24/h1-9,12,23H,10-11,13-16H2. The fourth-order valence-corrected chi connectivity index (χ4v) is 2.73. The van der Waals surface area contributed by atoms with Crippen LogP contribution in [0.5, 0.6) is 5.75 Å². The van der Waals surface area contributed by atoms with E-state index in [9.17, 15) is 9.18 Å². The number of benzene rings is 2. The first kappa shape index (κ1) is 18.1. The van der Waals surface area contributed by atoms with Gasteiger partial charge in [-0.05, 0) is 41.5 Å². The van der Waals surface area contributed by atoms with Crippen LogP contribution in [0.1, 0.15) is 11.1 Å². The van der Waals surface area contributed by atoms with Gasteiger partial charge in [0.1, 0.15) is 18.2 Å². The number of ether oxygens (including phenoxy) is 1. The van der Waals surface area contributed by atoms with E-state index in [-0.39, 0.29) is 11.6 Å². The maximum atomic E-state index is 12.9. The van der Waals surface area contributed by atoms with Crippen LogP contribution >= 0.6 is 0 Å². The number of ketones is 1. The Bertz CT molecular complexity index is 736. The van der Waals surface area contributed by atoms with Gasteiger partial charge in [0.15, 0.2) is 5.78 Å². The molecule has 5 heteroatoms. The number of allylic oxidation sites excluding steroid dienone is 1. The third kappa shape index (κ3) is 5.70. The Hall–Kier alpha value is -2.66. The Morgan fingerprint density at radius 3 is 2.38 bits per heavy atom. The van der Waals surface area contributed by atoms with Crippen molar-refractivity contribution in [1.82, 2.24) is 10.2 Å². The molecular formula is C21H23FN2O2. The zero-order valence-corrected chi connectivity index (χ0v) is 14.7. The maximum absolute atomic E-state index is 12.9. The predicted octanol–water partition coefficient (Wildman–Crippen LogP) is 2.94. The second-order valence-corrected chi connectivity index (χ2v) is 6.30. The van der Waals surface area contributed by atoms with Crippen molar-refractivity contribution in [2.24, 2.45) is 0 Å². The molecule has 26 heavy (non-hydrogen) atoms. The lowest BCUT2D eigenvalue weighted by Gasteiger charge is -2.25. The zero-order chi connectivity index (χ0) is 18.2. The summed E-state index contributed by atoms with van der Waals surface area (Å²) in [5.74, 6) is 0.444. The summed E-state index contributed by atoms with van der Waals surface area (Å²) in [6.07, 6.45) is 3.95. The van der Waals surface area contributed by atoms with Crippen molar-refractivity contribution in [2.45, 2.75) is 13.0 Å². The number of hydrogen-bond acceptors (Lipinski definition) is 4. The molecule has 1 aliphatic heterocycles. The summed E-state index contributed by atoms with van der Waals surface area (Å²) in [6.45, 7) is 4.20. The molecule has 136 valence electrons. The van der Waals surface area contributed by atoms with Gasteiger partial charge in [0.05, 0.1) is 0 Å². The fourth-order valence-electron chi connectivity index (χ4n) is 2.73. The molecular weight excluding hydrogens is 331 g/mol. The molecule has 0 bridgehead atoms. The van der Waals surface area contributed by atoms with Crippen LogP contribution in [0, 0.1) is 5.82 Å². The minimum absolute atomic E-state index is 0.0962. The topological polar surface area (TPSA) is 41.6 Å². The van der Waals surface area contributed by atoms with Gasteiger partial charge in [0.2, 0.25) is 0 Å². The summed E-state index contributed by atoms with van der Waals surface area (Å²) in [7, 11) is 0. The van der Waals surface area contributed by atoms with Crippen molar-refractivity contribution in [2.75, 3.05) is 26.2 Å². The Balaban J connectivity index is 1.46. The van der Waals surface area contributed by atoms with Crippen molar-refractivity contribution in [3.8, 4) is 5.75 Å². The molecule has 1 fully saturated rings. The van der Waals surface area contributed by atoms with Crippen molar-refractivity contribution in [3.63, 3.8) is 0 Å². The molecule has 2 aromatic carbocycles. The van der Waals surface area contributed by atoms with E-state index in [1.807, 2.05) is 30.5 Å². The van der Waals surface area contributed by atoms with Gasteiger partial charge in [-0.1, -0.05) is 24.3 Å². The Kier molecular flexibility index (Phi) is 6.39. The molecule has 0 radical (unpaired) electrons. The first-order chi connectivity index (χ1) is 12.7. The SMILES string of the molecule is O=C(C=CN1CCNCC1)Cc1ccc(COc2ccc(F)cc2)cc1. The van der Waals surface area contributed by atoms with E-state index in [1.54, 1.807) is 18.2 Å². The van der Waals surface area contributed by atoms with Crippen LogP contribution in [0.15, 0.2) is 60.8 Å². The second-order valence-electron chi connectivity index (χ2n) is 6.30. The molecule has 0 amide bonds. The van der Waals surface area contributed by atoms with Gasteiger partial charge in [0.25, 0.3) is 0 Å². The third-order valence-electron chi connectivity index (χ3n) is 4.24. The number of nitrogens with zero attached hydrogens (tertiary/aromatic N) is 1.